The minimum Gasteiger partial charge on any atom is -0.486 e. The number of anilines is 1. The molecule has 0 aliphatic heterocycles. The molecule has 1 atom stereocenters. The third-order valence-electron chi connectivity index (χ3n) is 4.57. The number of benzene rings is 1. The maximum absolute atomic E-state index is 11.0. The first kappa shape index (κ1) is 19.4. The van der Waals surface area contributed by atoms with E-state index in [0.29, 0.717) is 6.54 Å². The number of rotatable bonds is 7. The Kier molecular flexibility index (Phi) is 6.50. The Balaban J connectivity index is 1.81. The molecule has 0 spiro atoms. The van der Waals surface area contributed by atoms with Gasteiger partial charge in [-0.1, -0.05) is 22.0 Å². The van der Waals surface area contributed by atoms with Crippen molar-refractivity contribution in [2.75, 3.05) is 11.4 Å². The van der Waals surface area contributed by atoms with Gasteiger partial charge in [-0.3, -0.25) is 0 Å². The lowest BCUT2D eigenvalue weighted by atomic mass is 10.1. The van der Waals surface area contributed by atoms with E-state index in [4.69, 9.17) is 9.84 Å². The zero-order valence-electron chi connectivity index (χ0n) is 15.3. The summed E-state index contributed by atoms with van der Waals surface area (Å²) in [6.07, 6.45) is 9.12. The molecule has 0 fully saturated rings. The summed E-state index contributed by atoms with van der Waals surface area (Å²) in [5, 5.41) is 9.05. The number of allylic oxidation sites excluding steroid dienone is 1. The van der Waals surface area contributed by atoms with Crippen LogP contribution in [-0.2, 0) is 6.54 Å². The molecule has 2 aromatic rings. The van der Waals surface area contributed by atoms with Gasteiger partial charge in [0, 0.05) is 29.3 Å². The number of aromatic nitrogens is 1. The van der Waals surface area contributed by atoms with Crippen LogP contribution in [0, 0.1) is 0 Å². The van der Waals surface area contributed by atoms with Gasteiger partial charge in [0.2, 0.25) is 0 Å². The zero-order chi connectivity index (χ0) is 19.2. The van der Waals surface area contributed by atoms with Gasteiger partial charge in [-0.25, -0.2) is 9.78 Å². The van der Waals surface area contributed by atoms with Crippen molar-refractivity contribution in [3.05, 3.63) is 64.3 Å². The summed E-state index contributed by atoms with van der Waals surface area (Å²) in [4.78, 5) is 17.4. The molecule has 6 heteroatoms. The van der Waals surface area contributed by atoms with Gasteiger partial charge in [-0.2, -0.15) is 0 Å². The normalized spacial score (nSPS) is 16.1. The van der Waals surface area contributed by atoms with Gasteiger partial charge in [-0.05, 0) is 62.6 Å². The molecule has 5 nitrogen and oxygen atoms in total. The SMILES string of the molecule is CCN(Cc1cc(Br)ccc1OC1C=CCCC1)c1ccc(C(=O)O)cn1. The predicted molar refractivity (Wildman–Crippen MR) is 109 cm³/mol. The Labute approximate surface area is 167 Å². The second kappa shape index (κ2) is 9.04. The Morgan fingerprint density at radius 1 is 1.37 bits per heavy atom. The van der Waals surface area contributed by atoms with E-state index < -0.39 is 5.97 Å². The van der Waals surface area contributed by atoms with Gasteiger partial charge in [0.05, 0.1) is 5.56 Å². The van der Waals surface area contributed by atoms with Crippen LogP contribution in [0.5, 0.6) is 5.75 Å². The molecular formula is C21H23BrN2O3. The average molecular weight is 431 g/mol. The van der Waals surface area contributed by atoms with E-state index in [1.54, 1.807) is 12.1 Å². The molecule has 0 amide bonds. The first-order valence-electron chi connectivity index (χ1n) is 9.13. The highest BCUT2D eigenvalue weighted by Gasteiger charge is 2.16. The van der Waals surface area contributed by atoms with Gasteiger partial charge in [-0.15, -0.1) is 0 Å². The molecule has 1 N–H and O–H groups in total. The molecule has 1 heterocycles. The van der Waals surface area contributed by atoms with Gasteiger partial charge in [0.1, 0.15) is 17.7 Å². The third-order valence-corrected chi connectivity index (χ3v) is 5.07. The lowest BCUT2D eigenvalue weighted by Crippen LogP contribution is -2.24. The molecule has 0 bridgehead atoms. The quantitative estimate of drug-likeness (QED) is 0.622. The molecule has 3 rings (SSSR count). The van der Waals surface area contributed by atoms with Crippen molar-refractivity contribution in [3.63, 3.8) is 0 Å². The van der Waals surface area contributed by atoms with Gasteiger partial charge in [0.25, 0.3) is 0 Å². The first-order chi connectivity index (χ1) is 13.1. The summed E-state index contributed by atoms with van der Waals surface area (Å²) in [6.45, 7) is 3.42. The van der Waals surface area contributed by atoms with E-state index in [-0.39, 0.29) is 11.7 Å². The number of aromatic carboxylic acids is 1. The summed E-state index contributed by atoms with van der Waals surface area (Å²) in [5.41, 5.74) is 1.25. The van der Waals surface area contributed by atoms with Crippen molar-refractivity contribution in [2.45, 2.75) is 38.8 Å². The first-order valence-corrected chi connectivity index (χ1v) is 9.92. The molecule has 142 valence electrons. The van der Waals surface area contributed by atoms with Crippen LogP contribution < -0.4 is 9.64 Å². The highest BCUT2D eigenvalue weighted by molar-refractivity contribution is 9.10. The van der Waals surface area contributed by atoms with Crippen LogP contribution in [0.25, 0.3) is 0 Å². The van der Waals surface area contributed by atoms with Crippen molar-refractivity contribution < 1.29 is 14.6 Å². The Morgan fingerprint density at radius 2 is 2.22 bits per heavy atom. The predicted octanol–water partition coefficient (Wildman–Crippen LogP) is 5.06. The summed E-state index contributed by atoms with van der Waals surface area (Å²) in [6, 6.07) is 9.38. The third kappa shape index (κ3) is 5.10. The van der Waals surface area contributed by atoms with Crippen LogP contribution in [0.1, 0.15) is 42.1 Å². The lowest BCUT2D eigenvalue weighted by Gasteiger charge is -2.25. The summed E-state index contributed by atoms with van der Waals surface area (Å²) < 4.78 is 7.24. The van der Waals surface area contributed by atoms with Crippen LogP contribution in [0.3, 0.4) is 0 Å². The summed E-state index contributed by atoms with van der Waals surface area (Å²) >= 11 is 3.55. The lowest BCUT2D eigenvalue weighted by molar-refractivity contribution is 0.0696. The minimum atomic E-state index is -0.972. The molecular weight excluding hydrogens is 408 g/mol. The standard InChI is InChI=1S/C21H23BrN2O3/c1-2-24(20-11-8-15(13-23-20)21(25)26)14-16-12-17(22)9-10-19(16)27-18-6-4-3-5-7-18/h4,6,8-13,18H,2-3,5,7,14H2,1H3,(H,25,26). The van der Waals surface area contributed by atoms with Crippen molar-refractivity contribution in [1.29, 1.82) is 0 Å². The minimum absolute atomic E-state index is 0.113. The van der Waals surface area contributed by atoms with Crippen LogP contribution in [-0.4, -0.2) is 28.7 Å². The van der Waals surface area contributed by atoms with E-state index in [1.165, 1.54) is 6.20 Å². The molecule has 1 aromatic carbocycles. The number of carboxylic acid groups (broad SMARTS) is 1. The second-order valence-corrected chi connectivity index (χ2v) is 7.41. The maximum atomic E-state index is 11.0. The van der Waals surface area contributed by atoms with Crippen LogP contribution in [0.2, 0.25) is 0 Å². The molecule has 0 saturated heterocycles. The van der Waals surface area contributed by atoms with Crippen molar-refractivity contribution in [3.8, 4) is 5.75 Å². The second-order valence-electron chi connectivity index (χ2n) is 6.49. The number of hydrogen-bond donors (Lipinski definition) is 1. The highest BCUT2D eigenvalue weighted by atomic mass is 79.9. The number of hydrogen-bond acceptors (Lipinski definition) is 4. The Morgan fingerprint density at radius 3 is 2.85 bits per heavy atom. The van der Waals surface area contributed by atoms with E-state index in [9.17, 15) is 4.79 Å². The Bertz CT molecular complexity index is 821. The van der Waals surface area contributed by atoms with Gasteiger partial charge >= 0.3 is 5.97 Å². The summed E-state index contributed by atoms with van der Waals surface area (Å²) in [5.74, 6) is 0.640. The fourth-order valence-corrected chi connectivity index (χ4v) is 3.50. The number of halogens is 1. The molecule has 27 heavy (non-hydrogen) atoms. The molecule has 1 aromatic heterocycles. The van der Waals surface area contributed by atoms with Gasteiger partial charge in [0.15, 0.2) is 0 Å². The number of nitrogens with zero attached hydrogens (tertiary/aromatic N) is 2. The summed E-state index contributed by atoms with van der Waals surface area (Å²) in [7, 11) is 0. The number of carbonyl (C=O) groups is 1. The van der Waals surface area contributed by atoms with Gasteiger partial charge < -0.3 is 14.7 Å². The number of carboxylic acids is 1. The smallest absolute Gasteiger partial charge is 0.337 e. The molecule has 0 saturated carbocycles. The fourth-order valence-electron chi connectivity index (χ4n) is 3.09. The van der Waals surface area contributed by atoms with E-state index in [2.05, 4.69) is 51.0 Å². The van der Waals surface area contributed by atoms with Crippen molar-refractivity contribution >= 4 is 27.7 Å². The molecule has 1 aliphatic rings. The number of ether oxygens (including phenoxy) is 1. The van der Waals surface area contributed by atoms with Crippen molar-refractivity contribution in [2.24, 2.45) is 0 Å². The van der Waals surface area contributed by atoms with Crippen LogP contribution in [0.4, 0.5) is 5.82 Å². The van der Waals surface area contributed by atoms with Crippen molar-refractivity contribution in [1.82, 2.24) is 4.98 Å². The van der Waals surface area contributed by atoms with E-state index in [0.717, 1.165) is 47.4 Å². The van der Waals surface area contributed by atoms with Crippen LogP contribution in [0.15, 0.2) is 53.2 Å². The monoisotopic (exact) mass is 430 g/mol. The zero-order valence-corrected chi connectivity index (χ0v) is 16.9. The molecule has 1 aliphatic carbocycles. The van der Waals surface area contributed by atoms with E-state index in [1.807, 2.05) is 12.1 Å². The fraction of sp³-hybridized carbons (Fsp3) is 0.333. The topological polar surface area (TPSA) is 62.7 Å². The molecule has 1 unspecified atom stereocenters. The largest absolute Gasteiger partial charge is 0.486 e. The maximum Gasteiger partial charge on any atom is 0.337 e. The average Bonchev–Trinajstić information content (AvgIpc) is 2.69. The number of pyridine rings is 1. The highest BCUT2D eigenvalue weighted by Crippen LogP contribution is 2.28. The van der Waals surface area contributed by atoms with Crippen LogP contribution >= 0.6 is 15.9 Å². The molecule has 0 radical (unpaired) electrons. The Hall–Kier alpha value is -2.34. The van der Waals surface area contributed by atoms with E-state index >= 15 is 0 Å².